The number of aryl methyl sites for hydroxylation is 1. The van der Waals surface area contributed by atoms with Gasteiger partial charge in [0, 0.05) is 19.2 Å². The van der Waals surface area contributed by atoms with E-state index >= 15 is 0 Å². The highest BCUT2D eigenvalue weighted by Gasteiger charge is 2.23. The molecule has 0 aliphatic carbocycles. The van der Waals surface area contributed by atoms with E-state index in [4.69, 9.17) is 5.11 Å². The van der Waals surface area contributed by atoms with Gasteiger partial charge in [-0.2, -0.15) is 0 Å². The van der Waals surface area contributed by atoms with E-state index in [0.29, 0.717) is 18.8 Å². The molecule has 0 bridgehead atoms. The first-order valence-corrected chi connectivity index (χ1v) is 6.48. The quantitative estimate of drug-likeness (QED) is 0.865. The predicted molar refractivity (Wildman–Crippen MR) is 76.1 cm³/mol. The fraction of sp³-hybridized carbons (Fsp3) is 0.429. The Balaban J connectivity index is 3.08. The predicted octanol–water partition coefficient (Wildman–Crippen LogP) is 2.05. The molecule has 110 valence electrons. The first kappa shape index (κ1) is 15.8. The van der Waals surface area contributed by atoms with Crippen LogP contribution in [0.3, 0.4) is 0 Å². The minimum Gasteiger partial charge on any atom is -0.508 e. The lowest BCUT2D eigenvalue weighted by Gasteiger charge is -2.29. The van der Waals surface area contributed by atoms with Crippen molar-refractivity contribution in [1.82, 2.24) is 4.90 Å². The molecule has 1 aromatic rings. The van der Waals surface area contributed by atoms with Crippen molar-refractivity contribution in [2.75, 3.05) is 24.5 Å². The maximum Gasteiger partial charge on any atom is 0.325 e. The Labute approximate surface area is 118 Å². The molecule has 20 heavy (non-hydrogen) atoms. The SMILES string of the molecule is CCN(CC(=O)O)C(=O)N(CC)c1cc(O)ccc1C. The molecule has 0 unspecified atom stereocenters. The fourth-order valence-electron chi connectivity index (χ4n) is 1.95. The molecule has 0 aliphatic heterocycles. The second kappa shape index (κ2) is 6.79. The Hall–Kier alpha value is -2.24. The zero-order valence-corrected chi connectivity index (χ0v) is 12.0. The van der Waals surface area contributed by atoms with E-state index in [1.54, 1.807) is 26.0 Å². The number of carboxylic acid groups (broad SMARTS) is 1. The monoisotopic (exact) mass is 280 g/mol. The van der Waals surface area contributed by atoms with Crippen LogP contribution >= 0.6 is 0 Å². The van der Waals surface area contributed by atoms with E-state index in [1.165, 1.54) is 15.9 Å². The topological polar surface area (TPSA) is 81.1 Å². The minimum atomic E-state index is -1.05. The minimum absolute atomic E-state index is 0.0677. The fourth-order valence-corrected chi connectivity index (χ4v) is 1.95. The summed E-state index contributed by atoms with van der Waals surface area (Å²) in [4.78, 5) is 25.9. The number of urea groups is 1. The van der Waals surface area contributed by atoms with Crippen molar-refractivity contribution in [2.24, 2.45) is 0 Å². The number of anilines is 1. The van der Waals surface area contributed by atoms with E-state index in [2.05, 4.69) is 0 Å². The third-order valence-corrected chi connectivity index (χ3v) is 3.01. The van der Waals surface area contributed by atoms with Gasteiger partial charge in [0.15, 0.2) is 0 Å². The summed E-state index contributed by atoms with van der Waals surface area (Å²) in [6.07, 6.45) is 0. The van der Waals surface area contributed by atoms with Gasteiger partial charge in [-0.05, 0) is 32.4 Å². The Morgan fingerprint density at radius 2 is 1.85 bits per heavy atom. The van der Waals surface area contributed by atoms with Crippen molar-refractivity contribution in [1.29, 1.82) is 0 Å². The summed E-state index contributed by atoms with van der Waals surface area (Å²) in [6.45, 7) is 5.71. The summed E-state index contributed by atoms with van der Waals surface area (Å²) >= 11 is 0. The molecule has 1 aromatic carbocycles. The highest BCUT2D eigenvalue weighted by molar-refractivity contribution is 5.94. The van der Waals surface area contributed by atoms with Gasteiger partial charge in [0.2, 0.25) is 0 Å². The molecule has 0 heterocycles. The summed E-state index contributed by atoms with van der Waals surface area (Å²) in [7, 11) is 0. The van der Waals surface area contributed by atoms with Crippen LogP contribution in [-0.4, -0.2) is 46.7 Å². The smallest absolute Gasteiger partial charge is 0.325 e. The Morgan fingerprint density at radius 1 is 1.20 bits per heavy atom. The van der Waals surface area contributed by atoms with Gasteiger partial charge in [-0.3, -0.25) is 9.69 Å². The lowest BCUT2D eigenvalue weighted by Crippen LogP contribution is -2.45. The number of carbonyl (C=O) groups is 2. The maximum atomic E-state index is 12.4. The van der Waals surface area contributed by atoms with Crippen LogP contribution < -0.4 is 4.90 Å². The molecule has 0 fully saturated rings. The van der Waals surface area contributed by atoms with Crippen LogP contribution in [0.25, 0.3) is 0 Å². The van der Waals surface area contributed by atoms with Crippen LogP contribution in [0.15, 0.2) is 18.2 Å². The number of carboxylic acids is 1. The van der Waals surface area contributed by atoms with Crippen LogP contribution in [0.4, 0.5) is 10.5 Å². The molecule has 1 rings (SSSR count). The number of phenols is 1. The van der Waals surface area contributed by atoms with Gasteiger partial charge in [0.1, 0.15) is 12.3 Å². The first-order valence-electron chi connectivity index (χ1n) is 6.48. The van der Waals surface area contributed by atoms with Crippen molar-refractivity contribution in [3.8, 4) is 5.75 Å². The lowest BCUT2D eigenvalue weighted by atomic mass is 10.1. The Kier molecular flexibility index (Phi) is 5.37. The Bertz CT molecular complexity index is 502. The van der Waals surface area contributed by atoms with E-state index in [1.807, 2.05) is 6.92 Å². The van der Waals surface area contributed by atoms with Gasteiger partial charge in [-0.25, -0.2) is 4.79 Å². The van der Waals surface area contributed by atoms with Crippen LogP contribution in [0.1, 0.15) is 19.4 Å². The largest absolute Gasteiger partial charge is 0.508 e. The van der Waals surface area contributed by atoms with E-state index in [9.17, 15) is 14.7 Å². The highest BCUT2D eigenvalue weighted by Crippen LogP contribution is 2.25. The average Bonchev–Trinajstić information content (AvgIpc) is 2.40. The number of amides is 2. The van der Waals surface area contributed by atoms with E-state index in [0.717, 1.165) is 5.56 Å². The summed E-state index contributed by atoms with van der Waals surface area (Å²) in [6, 6.07) is 4.39. The molecule has 0 radical (unpaired) electrons. The molecule has 2 N–H and O–H groups in total. The van der Waals surface area contributed by atoms with E-state index < -0.39 is 5.97 Å². The average molecular weight is 280 g/mol. The highest BCUT2D eigenvalue weighted by atomic mass is 16.4. The third kappa shape index (κ3) is 3.63. The molecule has 6 heteroatoms. The second-order valence-corrected chi connectivity index (χ2v) is 4.41. The lowest BCUT2D eigenvalue weighted by molar-refractivity contribution is -0.137. The molecule has 0 atom stereocenters. The van der Waals surface area contributed by atoms with Crippen LogP contribution in [0.2, 0.25) is 0 Å². The van der Waals surface area contributed by atoms with E-state index in [-0.39, 0.29) is 18.3 Å². The van der Waals surface area contributed by atoms with Crippen molar-refractivity contribution in [2.45, 2.75) is 20.8 Å². The summed E-state index contributed by atoms with van der Waals surface area (Å²) in [5, 5.41) is 18.4. The van der Waals surface area contributed by atoms with Crippen LogP contribution in [0, 0.1) is 6.92 Å². The number of hydrogen-bond acceptors (Lipinski definition) is 3. The first-order chi connectivity index (χ1) is 9.40. The molecular formula is C14H20N2O4. The number of hydrogen-bond donors (Lipinski definition) is 2. The van der Waals surface area contributed by atoms with Crippen LogP contribution in [0.5, 0.6) is 5.75 Å². The molecular weight excluding hydrogens is 260 g/mol. The standard InChI is InChI=1S/C14H20N2O4/c1-4-15(9-13(18)19)14(20)16(5-2)12-8-11(17)7-6-10(12)3/h6-8,17H,4-5,9H2,1-3H3,(H,18,19). The van der Waals surface area contributed by atoms with Gasteiger partial charge >= 0.3 is 12.0 Å². The van der Waals surface area contributed by atoms with Gasteiger partial charge in [0.25, 0.3) is 0 Å². The molecule has 0 spiro atoms. The van der Waals surface area contributed by atoms with Crippen molar-refractivity contribution in [3.63, 3.8) is 0 Å². The maximum absolute atomic E-state index is 12.4. The van der Waals surface area contributed by atoms with Gasteiger partial charge in [-0.15, -0.1) is 0 Å². The number of carbonyl (C=O) groups excluding carboxylic acids is 1. The third-order valence-electron chi connectivity index (χ3n) is 3.01. The van der Waals surface area contributed by atoms with Crippen molar-refractivity contribution < 1.29 is 19.8 Å². The van der Waals surface area contributed by atoms with Crippen LogP contribution in [-0.2, 0) is 4.79 Å². The van der Waals surface area contributed by atoms with Gasteiger partial charge in [-0.1, -0.05) is 6.07 Å². The van der Waals surface area contributed by atoms with Crippen molar-refractivity contribution >= 4 is 17.7 Å². The zero-order chi connectivity index (χ0) is 15.3. The molecule has 6 nitrogen and oxygen atoms in total. The number of nitrogens with zero attached hydrogens (tertiary/aromatic N) is 2. The number of aromatic hydroxyl groups is 1. The van der Waals surface area contributed by atoms with Gasteiger partial charge in [0.05, 0.1) is 5.69 Å². The van der Waals surface area contributed by atoms with Gasteiger partial charge < -0.3 is 15.1 Å². The number of rotatable bonds is 5. The summed E-state index contributed by atoms with van der Waals surface area (Å²) in [5.74, 6) is -0.984. The normalized spacial score (nSPS) is 10.2. The summed E-state index contributed by atoms with van der Waals surface area (Å²) in [5.41, 5.74) is 1.42. The molecule has 0 saturated heterocycles. The number of aliphatic carboxylic acids is 1. The second-order valence-electron chi connectivity index (χ2n) is 4.41. The Morgan fingerprint density at radius 3 is 2.35 bits per heavy atom. The molecule has 0 aromatic heterocycles. The summed E-state index contributed by atoms with van der Waals surface area (Å²) < 4.78 is 0. The molecule has 0 saturated carbocycles. The number of likely N-dealkylation sites (N-methyl/N-ethyl adjacent to an activating group) is 1. The zero-order valence-electron chi connectivity index (χ0n) is 12.0. The number of benzene rings is 1. The van der Waals surface area contributed by atoms with Crippen molar-refractivity contribution in [3.05, 3.63) is 23.8 Å². The molecule has 2 amide bonds. The number of phenolic OH excluding ortho intramolecular Hbond substituents is 1. The molecule has 0 aliphatic rings.